The number of carbonyl (C=O) groups excluding carboxylic acids is 1. The van der Waals surface area contributed by atoms with Crippen LogP contribution in [0, 0.1) is 13.8 Å². The van der Waals surface area contributed by atoms with Crippen LogP contribution in [0.15, 0.2) is 87.9 Å². The van der Waals surface area contributed by atoms with Crippen LogP contribution in [0.4, 0.5) is 4.79 Å². The van der Waals surface area contributed by atoms with E-state index >= 15 is 0 Å². The zero-order chi connectivity index (χ0) is 25.2. The van der Waals surface area contributed by atoms with E-state index in [1.165, 1.54) is 4.90 Å². The number of aromatic nitrogens is 2. The third kappa shape index (κ3) is 4.79. The monoisotopic (exact) mass is 496 g/mol. The van der Waals surface area contributed by atoms with Crippen LogP contribution in [0.3, 0.4) is 0 Å². The molecule has 5 rings (SSSR count). The first-order valence-corrected chi connectivity index (χ1v) is 13.0. The number of amides is 2. The van der Waals surface area contributed by atoms with Gasteiger partial charge >= 0.3 is 6.03 Å². The lowest BCUT2D eigenvalue weighted by Crippen LogP contribution is -2.45. The van der Waals surface area contributed by atoms with Gasteiger partial charge in [-0.3, -0.25) is 4.90 Å². The van der Waals surface area contributed by atoms with E-state index in [4.69, 9.17) is 9.51 Å². The molecule has 4 aromatic rings. The van der Waals surface area contributed by atoms with Crippen LogP contribution in [0.1, 0.15) is 41.1 Å². The van der Waals surface area contributed by atoms with Crippen molar-refractivity contribution in [3.63, 3.8) is 0 Å². The quantitative estimate of drug-likeness (QED) is 0.298. The highest BCUT2D eigenvalue weighted by atomic mass is 32.2. The van der Waals surface area contributed by atoms with Gasteiger partial charge < -0.3 is 9.84 Å². The Morgan fingerprint density at radius 1 is 0.917 bits per heavy atom. The molecule has 0 saturated heterocycles. The van der Waals surface area contributed by atoms with Crippen molar-refractivity contribution in [2.24, 2.45) is 0 Å². The summed E-state index contributed by atoms with van der Waals surface area (Å²) in [5.41, 5.74) is 6.78. The molecule has 3 aromatic carbocycles. The molecule has 0 radical (unpaired) electrons. The van der Waals surface area contributed by atoms with Gasteiger partial charge in [0, 0.05) is 16.2 Å². The first-order chi connectivity index (χ1) is 17.4. The van der Waals surface area contributed by atoms with E-state index in [0.29, 0.717) is 18.3 Å². The maximum Gasteiger partial charge on any atom is 0.322 e. The molecule has 1 atom stereocenters. The van der Waals surface area contributed by atoms with Gasteiger partial charge in [0.1, 0.15) is 0 Å². The van der Waals surface area contributed by atoms with Crippen molar-refractivity contribution in [1.29, 1.82) is 0 Å². The van der Waals surface area contributed by atoms with E-state index in [-0.39, 0.29) is 6.03 Å². The van der Waals surface area contributed by atoms with Gasteiger partial charge in [0.2, 0.25) is 5.82 Å². The second-order valence-electron chi connectivity index (χ2n) is 9.02. The molecule has 0 aliphatic carbocycles. The highest BCUT2D eigenvalue weighted by Crippen LogP contribution is 2.38. The maximum absolute atomic E-state index is 13.3. The SMILES string of the molecule is CSc1ccc(CN2C(=O)NC(c3ccc(C)cc3)C(c3nc(-c4ccc(C)cc4)no3)=C2C)cc1. The number of benzene rings is 3. The number of thioether (sulfide) groups is 1. The number of rotatable bonds is 6. The van der Waals surface area contributed by atoms with Crippen LogP contribution in [0.2, 0.25) is 0 Å². The number of hydrogen-bond acceptors (Lipinski definition) is 5. The highest BCUT2D eigenvalue weighted by molar-refractivity contribution is 7.98. The van der Waals surface area contributed by atoms with Gasteiger partial charge in [-0.25, -0.2) is 4.79 Å². The summed E-state index contributed by atoms with van der Waals surface area (Å²) >= 11 is 1.69. The number of nitrogens with zero attached hydrogens (tertiary/aromatic N) is 3. The summed E-state index contributed by atoms with van der Waals surface area (Å²) in [6, 6.07) is 23.8. The van der Waals surface area contributed by atoms with Crippen LogP contribution in [0.5, 0.6) is 0 Å². The molecule has 6 nitrogen and oxygen atoms in total. The predicted octanol–water partition coefficient (Wildman–Crippen LogP) is 6.77. The van der Waals surface area contributed by atoms with Crippen molar-refractivity contribution in [2.75, 3.05) is 6.26 Å². The zero-order valence-electron chi connectivity index (χ0n) is 20.8. The molecule has 0 fully saturated rings. The van der Waals surface area contributed by atoms with Crippen LogP contribution in [0.25, 0.3) is 17.0 Å². The molecular formula is C29H28N4O2S. The average molecular weight is 497 g/mol. The smallest absolute Gasteiger partial charge is 0.322 e. The Kier molecular flexibility index (Phi) is 6.65. The Balaban J connectivity index is 1.57. The van der Waals surface area contributed by atoms with Crippen LogP contribution >= 0.6 is 11.8 Å². The van der Waals surface area contributed by atoms with Crippen LogP contribution in [-0.4, -0.2) is 27.3 Å². The molecule has 36 heavy (non-hydrogen) atoms. The molecule has 7 heteroatoms. The Labute approximate surface area is 215 Å². The molecule has 1 aliphatic rings. The molecule has 1 N–H and O–H groups in total. The lowest BCUT2D eigenvalue weighted by atomic mass is 9.94. The van der Waals surface area contributed by atoms with Gasteiger partial charge in [-0.15, -0.1) is 11.8 Å². The Bertz CT molecular complexity index is 1410. The third-order valence-electron chi connectivity index (χ3n) is 6.47. The number of urea groups is 1. The van der Waals surface area contributed by atoms with Crippen molar-refractivity contribution in [1.82, 2.24) is 20.4 Å². The first-order valence-electron chi connectivity index (χ1n) is 11.8. The number of hydrogen-bond donors (Lipinski definition) is 1. The predicted molar refractivity (Wildman–Crippen MR) is 143 cm³/mol. The van der Waals surface area contributed by atoms with E-state index < -0.39 is 6.04 Å². The summed E-state index contributed by atoms with van der Waals surface area (Å²) in [7, 11) is 0. The lowest BCUT2D eigenvalue weighted by molar-refractivity contribution is 0.203. The molecule has 2 amide bonds. The van der Waals surface area contributed by atoms with Crippen molar-refractivity contribution in [2.45, 2.75) is 38.3 Å². The maximum atomic E-state index is 13.3. The standard InChI is InChI=1S/C29H28N4O2S/c1-18-5-11-22(12-6-18)26-25(28-31-27(32-35-28)23-13-7-19(2)8-14-23)20(3)33(29(34)30-26)17-21-9-15-24(36-4)16-10-21/h5-16,26H,17H2,1-4H3,(H,30,34). The first kappa shape index (κ1) is 23.9. The minimum absolute atomic E-state index is 0.158. The normalized spacial score (nSPS) is 15.8. The molecule has 0 bridgehead atoms. The molecular weight excluding hydrogens is 468 g/mol. The summed E-state index contributed by atoms with van der Waals surface area (Å²) in [5, 5.41) is 7.44. The fraction of sp³-hybridized carbons (Fsp3) is 0.207. The second kappa shape index (κ2) is 10.0. The fourth-order valence-electron chi connectivity index (χ4n) is 4.32. The summed E-state index contributed by atoms with van der Waals surface area (Å²) in [4.78, 5) is 21.0. The molecule has 1 unspecified atom stereocenters. The Hall–Kier alpha value is -3.84. The van der Waals surface area contributed by atoms with Crippen molar-refractivity contribution < 1.29 is 9.32 Å². The van der Waals surface area contributed by atoms with Crippen molar-refractivity contribution in [3.05, 3.63) is 107 Å². The minimum atomic E-state index is -0.403. The van der Waals surface area contributed by atoms with Crippen LogP contribution in [-0.2, 0) is 6.54 Å². The Morgan fingerprint density at radius 2 is 1.56 bits per heavy atom. The summed E-state index contributed by atoms with van der Waals surface area (Å²) < 4.78 is 5.80. The van der Waals surface area contributed by atoms with E-state index in [1.54, 1.807) is 16.7 Å². The van der Waals surface area contributed by atoms with Gasteiger partial charge in [0.15, 0.2) is 0 Å². The summed E-state index contributed by atoms with van der Waals surface area (Å²) in [6.07, 6.45) is 2.05. The lowest BCUT2D eigenvalue weighted by Gasteiger charge is -2.35. The van der Waals surface area contributed by atoms with Crippen molar-refractivity contribution in [3.8, 4) is 11.4 Å². The fourth-order valence-corrected chi connectivity index (χ4v) is 4.73. The minimum Gasteiger partial charge on any atom is -0.334 e. The van der Waals surface area contributed by atoms with Gasteiger partial charge in [-0.1, -0.05) is 76.9 Å². The van der Waals surface area contributed by atoms with E-state index in [1.807, 2.05) is 75.6 Å². The van der Waals surface area contributed by atoms with E-state index in [0.717, 1.165) is 39.1 Å². The molecule has 0 saturated carbocycles. The highest BCUT2D eigenvalue weighted by Gasteiger charge is 2.35. The van der Waals surface area contributed by atoms with E-state index in [2.05, 4.69) is 34.7 Å². The molecule has 1 aromatic heterocycles. The molecule has 182 valence electrons. The van der Waals surface area contributed by atoms with E-state index in [9.17, 15) is 4.79 Å². The molecule has 1 aliphatic heterocycles. The second-order valence-corrected chi connectivity index (χ2v) is 9.90. The zero-order valence-corrected chi connectivity index (χ0v) is 21.6. The van der Waals surface area contributed by atoms with Gasteiger partial charge in [-0.05, 0) is 50.3 Å². The number of aryl methyl sites for hydroxylation is 2. The topological polar surface area (TPSA) is 71.3 Å². The molecule has 0 spiro atoms. The van der Waals surface area contributed by atoms with Gasteiger partial charge in [-0.2, -0.15) is 4.98 Å². The summed E-state index contributed by atoms with van der Waals surface area (Å²) in [5.74, 6) is 0.917. The van der Waals surface area contributed by atoms with Crippen LogP contribution < -0.4 is 5.32 Å². The number of allylic oxidation sites excluding steroid dienone is 1. The largest absolute Gasteiger partial charge is 0.334 e. The van der Waals surface area contributed by atoms with Gasteiger partial charge in [0.25, 0.3) is 5.89 Å². The van der Waals surface area contributed by atoms with Crippen molar-refractivity contribution >= 4 is 23.4 Å². The Morgan fingerprint density at radius 3 is 2.19 bits per heavy atom. The number of carbonyl (C=O) groups is 1. The molecule has 2 heterocycles. The summed E-state index contributed by atoms with van der Waals surface area (Å²) in [6.45, 7) is 6.47. The van der Waals surface area contributed by atoms with Gasteiger partial charge in [0.05, 0.1) is 18.2 Å². The number of nitrogens with one attached hydrogen (secondary N) is 1. The third-order valence-corrected chi connectivity index (χ3v) is 7.22. The average Bonchev–Trinajstić information content (AvgIpc) is 3.37.